The molecule has 0 aliphatic heterocycles. The summed E-state index contributed by atoms with van der Waals surface area (Å²) >= 11 is 0. The van der Waals surface area contributed by atoms with Crippen molar-refractivity contribution in [3.63, 3.8) is 0 Å². The van der Waals surface area contributed by atoms with E-state index in [0.29, 0.717) is 6.04 Å². The Morgan fingerprint density at radius 1 is 1.00 bits per heavy atom. The van der Waals surface area contributed by atoms with E-state index in [1.165, 1.54) is 17.5 Å². The van der Waals surface area contributed by atoms with E-state index in [0.717, 1.165) is 37.1 Å². The van der Waals surface area contributed by atoms with E-state index in [9.17, 15) is 4.39 Å². The summed E-state index contributed by atoms with van der Waals surface area (Å²) in [5.74, 6) is -0.123. The quantitative estimate of drug-likeness (QED) is 0.791. The zero-order valence-electron chi connectivity index (χ0n) is 13.5. The number of hydrogen-bond acceptors (Lipinski definition) is 1. The predicted octanol–water partition coefficient (Wildman–Crippen LogP) is 4.69. The van der Waals surface area contributed by atoms with Crippen LogP contribution >= 0.6 is 0 Å². The topological polar surface area (TPSA) is 3.24 Å². The van der Waals surface area contributed by atoms with Gasteiger partial charge >= 0.3 is 0 Å². The normalized spacial score (nSPS) is 17.5. The van der Waals surface area contributed by atoms with Crippen molar-refractivity contribution >= 4 is 0 Å². The molecular weight excluding hydrogens is 273 g/mol. The average molecular weight is 297 g/mol. The van der Waals surface area contributed by atoms with Crippen LogP contribution in [0.25, 0.3) is 11.1 Å². The van der Waals surface area contributed by atoms with Gasteiger partial charge in [0.15, 0.2) is 0 Å². The third-order valence-electron chi connectivity index (χ3n) is 4.95. The van der Waals surface area contributed by atoms with Gasteiger partial charge in [0, 0.05) is 11.6 Å². The molecule has 0 spiro atoms. The fraction of sp³-hybridized carbons (Fsp3) is 0.400. The van der Waals surface area contributed by atoms with Gasteiger partial charge in [-0.05, 0) is 55.1 Å². The molecular formula is C20H24FN. The summed E-state index contributed by atoms with van der Waals surface area (Å²) in [6.07, 6.45) is 3.29. The molecule has 1 aliphatic rings. The lowest BCUT2D eigenvalue weighted by molar-refractivity contribution is 0.199. The van der Waals surface area contributed by atoms with Gasteiger partial charge in [-0.3, -0.25) is 0 Å². The Labute approximate surface area is 132 Å². The molecule has 1 atom stereocenters. The first kappa shape index (κ1) is 15.2. The van der Waals surface area contributed by atoms with E-state index in [-0.39, 0.29) is 5.82 Å². The van der Waals surface area contributed by atoms with Crippen LogP contribution in [-0.4, -0.2) is 24.0 Å². The summed E-state index contributed by atoms with van der Waals surface area (Å²) in [6.45, 7) is 6.66. The third kappa shape index (κ3) is 2.80. The molecule has 0 amide bonds. The Morgan fingerprint density at radius 3 is 2.45 bits per heavy atom. The first-order valence-corrected chi connectivity index (χ1v) is 8.34. The van der Waals surface area contributed by atoms with Crippen molar-refractivity contribution in [2.24, 2.45) is 0 Å². The van der Waals surface area contributed by atoms with Crippen LogP contribution in [0, 0.1) is 5.82 Å². The van der Waals surface area contributed by atoms with Crippen LogP contribution in [0.4, 0.5) is 4.39 Å². The maximum atomic E-state index is 14.2. The van der Waals surface area contributed by atoms with Gasteiger partial charge in [0.25, 0.3) is 0 Å². The third-order valence-corrected chi connectivity index (χ3v) is 4.95. The van der Waals surface area contributed by atoms with Gasteiger partial charge in [-0.2, -0.15) is 0 Å². The van der Waals surface area contributed by atoms with Crippen molar-refractivity contribution in [2.45, 2.75) is 39.2 Å². The zero-order chi connectivity index (χ0) is 15.5. The SMILES string of the molecule is CCN(CC)[C@H]1CCc2c(cccc2-c2ccccc2F)C1. The van der Waals surface area contributed by atoms with Crippen molar-refractivity contribution in [1.29, 1.82) is 0 Å². The Balaban J connectivity index is 1.96. The van der Waals surface area contributed by atoms with E-state index < -0.39 is 0 Å². The van der Waals surface area contributed by atoms with E-state index >= 15 is 0 Å². The maximum Gasteiger partial charge on any atom is 0.131 e. The highest BCUT2D eigenvalue weighted by Crippen LogP contribution is 2.34. The summed E-state index contributed by atoms with van der Waals surface area (Å²) in [5, 5.41) is 0. The van der Waals surface area contributed by atoms with E-state index in [1.807, 2.05) is 12.1 Å². The highest BCUT2D eigenvalue weighted by Gasteiger charge is 2.24. The number of hydrogen-bond donors (Lipinski definition) is 0. The lowest BCUT2D eigenvalue weighted by Crippen LogP contribution is -2.39. The lowest BCUT2D eigenvalue weighted by atomic mass is 9.83. The molecule has 0 fully saturated rings. The van der Waals surface area contributed by atoms with Gasteiger partial charge in [-0.15, -0.1) is 0 Å². The van der Waals surface area contributed by atoms with Crippen LogP contribution in [0.5, 0.6) is 0 Å². The Morgan fingerprint density at radius 2 is 1.73 bits per heavy atom. The van der Waals surface area contributed by atoms with E-state index in [2.05, 4.69) is 36.9 Å². The van der Waals surface area contributed by atoms with Gasteiger partial charge in [-0.25, -0.2) is 4.39 Å². The molecule has 0 radical (unpaired) electrons. The van der Waals surface area contributed by atoms with Gasteiger partial charge in [0.05, 0.1) is 0 Å². The van der Waals surface area contributed by atoms with Crippen molar-refractivity contribution < 1.29 is 4.39 Å². The second-order valence-corrected chi connectivity index (χ2v) is 6.04. The Bertz CT molecular complexity index is 646. The van der Waals surface area contributed by atoms with Crippen molar-refractivity contribution in [1.82, 2.24) is 4.90 Å². The van der Waals surface area contributed by atoms with Gasteiger partial charge in [0.1, 0.15) is 5.82 Å². The molecule has 1 nitrogen and oxygen atoms in total. The van der Waals surface area contributed by atoms with Crippen LogP contribution in [0.3, 0.4) is 0 Å². The number of rotatable bonds is 4. The monoisotopic (exact) mass is 297 g/mol. The summed E-state index contributed by atoms with van der Waals surface area (Å²) in [5.41, 5.74) is 4.55. The van der Waals surface area contributed by atoms with Crippen LogP contribution in [0.15, 0.2) is 42.5 Å². The number of halogens is 1. The standard InChI is InChI=1S/C20H24FN/c1-3-22(4-2)16-12-13-17-15(14-16)8-7-10-18(17)19-9-5-6-11-20(19)21/h5-11,16H,3-4,12-14H2,1-2H3/t16-/m0/s1. The van der Waals surface area contributed by atoms with Gasteiger partial charge in [0.2, 0.25) is 0 Å². The molecule has 0 saturated carbocycles. The summed E-state index contributed by atoms with van der Waals surface area (Å²) in [4.78, 5) is 2.54. The minimum atomic E-state index is -0.123. The molecule has 0 bridgehead atoms. The second-order valence-electron chi connectivity index (χ2n) is 6.04. The fourth-order valence-corrected chi connectivity index (χ4v) is 3.77. The van der Waals surface area contributed by atoms with Crippen LogP contribution in [0.1, 0.15) is 31.4 Å². The molecule has 2 aromatic carbocycles. The highest BCUT2D eigenvalue weighted by atomic mass is 19.1. The summed E-state index contributed by atoms with van der Waals surface area (Å²) in [7, 11) is 0. The van der Waals surface area contributed by atoms with Gasteiger partial charge in [-0.1, -0.05) is 50.2 Å². The lowest BCUT2D eigenvalue weighted by Gasteiger charge is -2.34. The second kappa shape index (κ2) is 6.62. The molecule has 116 valence electrons. The molecule has 0 saturated heterocycles. The number of fused-ring (bicyclic) bond motifs is 1. The van der Waals surface area contributed by atoms with Crippen molar-refractivity contribution in [3.8, 4) is 11.1 Å². The Kier molecular flexibility index (Phi) is 4.58. The van der Waals surface area contributed by atoms with E-state index in [1.54, 1.807) is 12.1 Å². The van der Waals surface area contributed by atoms with Crippen molar-refractivity contribution in [3.05, 3.63) is 59.4 Å². The maximum absolute atomic E-state index is 14.2. The van der Waals surface area contributed by atoms with Crippen molar-refractivity contribution in [2.75, 3.05) is 13.1 Å². The minimum Gasteiger partial charge on any atom is -0.301 e. The molecule has 0 unspecified atom stereocenters. The molecule has 3 rings (SSSR count). The van der Waals surface area contributed by atoms with Gasteiger partial charge < -0.3 is 4.90 Å². The molecule has 0 aromatic heterocycles. The molecule has 2 aromatic rings. The first-order valence-electron chi connectivity index (χ1n) is 8.34. The summed E-state index contributed by atoms with van der Waals surface area (Å²) < 4.78 is 14.2. The zero-order valence-corrected chi connectivity index (χ0v) is 13.5. The van der Waals surface area contributed by atoms with Crippen LogP contribution in [-0.2, 0) is 12.8 Å². The predicted molar refractivity (Wildman–Crippen MR) is 90.6 cm³/mol. The number of nitrogens with zero attached hydrogens (tertiary/aromatic N) is 1. The van der Waals surface area contributed by atoms with Crippen LogP contribution in [0.2, 0.25) is 0 Å². The molecule has 0 N–H and O–H groups in total. The molecule has 22 heavy (non-hydrogen) atoms. The molecule has 0 heterocycles. The highest BCUT2D eigenvalue weighted by molar-refractivity contribution is 5.69. The average Bonchev–Trinajstić information content (AvgIpc) is 2.56. The largest absolute Gasteiger partial charge is 0.301 e. The van der Waals surface area contributed by atoms with E-state index in [4.69, 9.17) is 0 Å². The molecule has 1 aliphatic carbocycles. The fourth-order valence-electron chi connectivity index (χ4n) is 3.77. The van der Waals surface area contributed by atoms with Crippen LogP contribution < -0.4 is 0 Å². The molecule has 2 heteroatoms. The first-order chi connectivity index (χ1) is 10.7. The smallest absolute Gasteiger partial charge is 0.131 e. The minimum absolute atomic E-state index is 0.123. The number of benzene rings is 2. The number of likely N-dealkylation sites (N-methyl/N-ethyl adjacent to an activating group) is 1. The Hall–Kier alpha value is -1.67. The summed E-state index contributed by atoms with van der Waals surface area (Å²) in [6, 6.07) is 14.1.